The van der Waals surface area contributed by atoms with Crippen LogP contribution in [-0.2, 0) is 4.79 Å². The van der Waals surface area contributed by atoms with Crippen LogP contribution in [0, 0.1) is 0 Å². The van der Waals surface area contributed by atoms with E-state index in [-0.39, 0.29) is 5.91 Å². The maximum absolute atomic E-state index is 10.4. The molecule has 0 N–H and O–H groups in total. The van der Waals surface area contributed by atoms with Gasteiger partial charge in [-0.05, 0) is 0 Å². The quantitative estimate of drug-likeness (QED) is 0.404. The van der Waals surface area contributed by atoms with Crippen molar-refractivity contribution >= 4 is 35.1 Å². The van der Waals surface area contributed by atoms with Gasteiger partial charge in [0.15, 0.2) is 0 Å². The molecular formula is C4H7NOS2. The number of carbonyl (C=O) groups excluding carboxylic acids is 1. The fourth-order valence-electron chi connectivity index (χ4n) is 0.135. The first kappa shape index (κ1) is 7.91. The van der Waals surface area contributed by atoms with Crippen LogP contribution in [0.3, 0.4) is 0 Å². The molecule has 2 nitrogen and oxygen atoms in total. The Morgan fingerprint density at radius 3 is 2.12 bits per heavy atom. The maximum Gasteiger partial charge on any atom is 0.224 e. The van der Waals surface area contributed by atoms with Crippen LogP contribution in [0.5, 0.6) is 0 Å². The molecule has 0 spiro atoms. The molecule has 0 bridgehead atoms. The lowest BCUT2D eigenvalue weighted by Gasteiger charge is -2.09. The molecule has 0 saturated heterocycles. The van der Waals surface area contributed by atoms with Crippen LogP contribution in [-0.4, -0.2) is 22.2 Å². The van der Waals surface area contributed by atoms with Crippen molar-refractivity contribution in [3.05, 3.63) is 0 Å². The van der Waals surface area contributed by atoms with Crippen molar-refractivity contribution in [3.63, 3.8) is 0 Å². The first-order valence-corrected chi connectivity index (χ1v) is 2.88. The third-order valence-electron chi connectivity index (χ3n) is 0.759. The molecule has 0 atom stereocenters. The van der Waals surface area contributed by atoms with Crippen molar-refractivity contribution in [2.75, 3.05) is 7.05 Å². The number of carbonyl (C=O) groups is 1. The number of thiocarbonyl (C=S) groups is 1. The van der Waals surface area contributed by atoms with Crippen LogP contribution in [0.1, 0.15) is 6.92 Å². The van der Waals surface area contributed by atoms with E-state index in [4.69, 9.17) is 0 Å². The van der Waals surface area contributed by atoms with Gasteiger partial charge in [0.25, 0.3) is 0 Å². The highest BCUT2D eigenvalue weighted by molar-refractivity contribution is 8.11. The number of rotatable bonds is 0. The Balaban J connectivity index is 3.83. The smallest absolute Gasteiger partial charge is 0.224 e. The van der Waals surface area contributed by atoms with Crippen molar-refractivity contribution < 1.29 is 4.79 Å². The second-order valence-electron chi connectivity index (χ2n) is 1.36. The third-order valence-corrected chi connectivity index (χ3v) is 1.33. The molecule has 0 radical (unpaired) electrons. The standard InChI is InChI=1S/C4H7NOS2/c1-3(6)5(2)4(7)8/h1-2H3,(H,7,8). The zero-order valence-corrected chi connectivity index (χ0v) is 6.42. The summed E-state index contributed by atoms with van der Waals surface area (Å²) in [6.07, 6.45) is 0. The minimum absolute atomic E-state index is 0.0926. The number of amides is 1. The van der Waals surface area contributed by atoms with E-state index in [0.717, 1.165) is 0 Å². The molecule has 0 aliphatic rings. The van der Waals surface area contributed by atoms with Crippen LogP contribution in [0.2, 0.25) is 0 Å². The van der Waals surface area contributed by atoms with Gasteiger partial charge in [0.1, 0.15) is 4.32 Å². The number of nitrogens with zero attached hydrogens (tertiary/aromatic N) is 1. The summed E-state index contributed by atoms with van der Waals surface area (Å²) in [6, 6.07) is 0. The Bertz CT molecular complexity index is 109. The summed E-state index contributed by atoms with van der Waals surface area (Å²) in [4.78, 5) is 11.7. The van der Waals surface area contributed by atoms with Gasteiger partial charge in [-0.3, -0.25) is 4.79 Å². The zero-order chi connectivity index (χ0) is 6.73. The van der Waals surface area contributed by atoms with E-state index >= 15 is 0 Å². The molecule has 0 unspecified atom stereocenters. The van der Waals surface area contributed by atoms with Crippen LogP contribution < -0.4 is 0 Å². The summed E-state index contributed by atoms with van der Waals surface area (Å²) in [5, 5.41) is 0. The third kappa shape index (κ3) is 2.28. The largest absolute Gasteiger partial charge is 0.301 e. The van der Waals surface area contributed by atoms with E-state index in [1.165, 1.54) is 11.8 Å². The SMILES string of the molecule is CC(=O)N(C)C(=S)S. The minimum atomic E-state index is -0.0926. The predicted molar refractivity (Wildman–Crippen MR) is 40.0 cm³/mol. The van der Waals surface area contributed by atoms with E-state index in [0.29, 0.717) is 4.32 Å². The molecule has 4 heteroatoms. The molecule has 46 valence electrons. The van der Waals surface area contributed by atoms with Gasteiger partial charge < -0.3 is 4.90 Å². The van der Waals surface area contributed by atoms with Crippen molar-refractivity contribution in [2.24, 2.45) is 0 Å². The summed E-state index contributed by atoms with van der Waals surface area (Å²) in [5.74, 6) is -0.0926. The molecule has 0 aromatic carbocycles. The molecule has 1 amide bonds. The van der Waals surface area contributed by atoms with E-state index in [1.54, 1.807) is 7.05 Å². The van der Waals surface area contributed by atoms with E-state index in [9.17, 15) is 4.79 Å². The first-order valence-electron chi connectivity index (χ1n) is 2.03. The molecular weight excluding hydrogens is 142 g/mol. The van der Waals surface area contributed by atoms with Gasteiger partial charge in [-0.15, -0.1) is 12.6 Å². The number of hydrogen-bond acceptors (Lipinski definition) is 2. The number of thiol groups is 1. The Hall–Kier alpha value is -0.0900. The number of hydrogen-bond donors (Lipinski definition) is 1. The normalized spacial score (nSPS) is 8.38. The molecule has 0 saturated carbocycles. The van der Waals surface area contributed by atoms with Gasteiger partial charge in [-0.1, -0.05) is 12.2 Å². The van der Waals surface area contributed by atoms with E-state index in [1.807, 2.05) is 0 Å². The Morgan fingerprint density at radius 1 is 1.75 bits per heavy atom. The fraction of sp³-hybridized carbons (Fsp3) is 0.500. The molecule has 0 aliphatic heterocycles. The highest BCUT2D eigenvalue weighted by atomic mass is 32.1. The highest BCUT2D eigenvalue weighted by Crippen LogP contribution is 1.91. The van der Waals surface area contributed by atoms with Crippen LogP contribution in [0.25, 0.3) is 0 Å². The lowest BCUT2D eigenvalue weighted by molar-refractivity contribution is -0.123. The van der Waals surface area contributed by atoms with Crippen molar-refractivity contribution in [1.82, 2.24) is 4.90 Å². The Labute approximate surface area is 59.3 Å². The lowest BCUT2D eigenvalue weighted by atomic mass is 10.6. The molecule has 0 aromatic rings. The maximum atomic E-state index is 10.4. The molecule has 0 heterocycles. The van der Waals surface area contributed by atoms with Gasteiger partial charge in [-0.25, -0.2) is 0 Å². The Morgan fingerprint density at radius 2 is 2.12 bits per heavy atom. The summed E-state index contributed by atoms with van der Waals surface area (Å²) >= 11 is 8.33. The average molecular weight is 149 g/mol. The molecule has 0 rings (SSSR count). The first-order chi connectivity index (χ1) is 3.55. The topological polar surface area (TPSA) is 20.3 Å². The second kappa shape index (κ2) is 3.04. The molecule has 8 heavy (non-hydrogen) atoms. The van der Waals surface area contributed by atoms with Crippen LogP contribution in [0.15, 0.2) is 0 Å². The van der Waals surface area contributed by atoms with E-state index < -0.39 is 0 Å². The van der Waals surface area contributed by atoms with Crippen LogP contribution in [0.4, 0.5) is 0 Å². The summed E-state index contributed by atoms with van der Waals surface area (Å²) in [5.41, 5.74) is 0. The van der Waals surface area contributed by atoms with Crippen LogP contribution >= 0.6 is 24.8 Å². The monoisotopic (exact) mass is 149 g/mol. The Kier molecular flexibility index (Phi) is 3.01. The van der Waals surface area contributed by atoms with Gasteiger partial charge in [0.05, 0.1) is 0 Å². The van der Waals surface area contributed by atoms with Crippen molar-refractivity contribution in [2.45, 2.75) is 6.92 Å². The van der Waals surface area contributed by atoms with Gasteiger partial charge in [-0.2, -0.15) is 0 Å². The minimum Gasteiger partial charge on any atom is -0.301 e. The molecule has 0 aromatic heterocycles. The lowest BCUT2D eigenvalue weighted by Crippen LogP contribution is -2.25. The van der Waals surface area contributed by atoms with Gasteiger partial charge in [0.2, 0.25) is 5.91 Å². The predicted octanol–water partition coefficient (Wildman–Crippen LogP) is 0.679. The van der Waals surface area contributed by atoms with Crippen molar-refractivity contribution in [3.8, 4) is 0 Å². The zero-order valence-electron chi connectivity index (χ0n) is 4.71. The fourth-order valence-corrected chi connectivity index (χ4v) is 0.404. The average Bonchev–Trinajstić information content (AvgIpc) is 1.64. The van der Waals surface area contributed by atoms with Crippen molar-refractivity contribution in [1.29, 1.82) is 0 Å². The highest BCUT2D eigenvalue weighted by Gasteiger charge is 2.01. The van der Waals surface area contributed by atoms with E-state index in [2.05, 4.69) is 24.8 Å². The second-order valence-corrected chi connectivity index (χ2v) is 2.47. The van der Waals surface area contributed by atoms with Gasteiger partial charge in [0, 0.05) is 14.0 Å². The molecule has 0 aliphatic carbocycles. The summed E-state index contributed by atoms with van der Waals surface area (Å²) in [7, 11) is 1.58. The molecule has 0 fully saturated rings. The van der Waals surface area contributed by atoms with Gasteiger partial charge >= 0.3 is 0 Å². The summed E-state index contributed by atoms with van der Waals surface area (Å²) in [6.45, 7) is 1.43. The summed E-state index contributed by atoms with van der Waals surface area (Å²) < 4.78 is 0.303.